The molecular formula is C10H12O4. The number of aldehydes is 1. The van der Waals surface area contributed by atoms with Gasteiger partial charge in [-0.05, 0) is 18.6 Å². The smallest absolute Gasteiger partial charge is 0.185 e. The summed E-state index contributed by atoms with van der Waals surface area (Å²) in [6.07, 6.45) is 1.78. The van der Waals surface area contributed by atoms with E-state index in [0.717, 1.165) is 13.0 Å². The van der Waals surface area contributed by atoms with E-state index in [1.807, 2.05) is 0 Å². The Morgan fingerprint density at radius 3 is 3.14 bits per heavy atom. The molecule has 1 aliphatic heterocycles. The van der Waals surface area contributed by atoms with Crippen LogP contribution in [0.25, 0.3) is 0 Å². The van der Waals surface area contributed by atoms with Crippen molar-refractivity contribution in [2.75, 3.05) is 13.2 Å². The lowest BCUT2D eigenvalue weighted by Crippen LogP contribution is -2.11. The molecule has 1 atom stereocenters. The molecule has 1 aliphatic rings. The summed E-state index contributed by atoms with van der Waals surface area (Å²) < 4.78 is 15.8. The molecule has 1 saturated heterocycles. The highest BCUT2D eigenvalue weighted by molar-refractivity contribution is 5.70. The quantitative estimate of drug-likeness (QED) is 0.683. The minimum atomic E-state index is 0.166. The molecule has 0 amide bonds. The van der Waals surface area contributed by atoms with Gasteiger partial charge in [0.15, 0.2) is 12.0 Å². The molecule has 4 nitrogen and oxygen atoms in total. The van der Waals surface area contributed by atoms with Crippen LogP contribution in [0.5, 0.6) is 0 Å². The molecule has 0 radical (unpaired) electrons. The molecule has 2 heterocycles. The minimum Gasteiger partial charge on any atom is -0.456 e. The third-order valence-corrected chi connectivity index (χ3v) is 2.15. The zero-order valence-electron chi connectivity index (χ0n) is 7.77. The van der Waals surface area contributed by atoms with E-state index in [9.17, 15) is 4.79 Å². The molecule has 1 fully saturated rings. The topological polar surface area (TPSA) is 48.7 Å². The lowest BCUT2D eigenvalue weighted by molar-refractivity contribution is 0.0232. The van der Waals surface area contributed by atoms with Gasteiger partial charge in [0.1, 0.15) is 12.4 Å². The van der Waals surface area contributed by atoms with Crippen LogP contribution in [0.4, 0.5) is 0 Å². The third-order valence-electron chi connectivity index (χ3n) is 2.15. The Hall–Kier alpha value is -1.13. The van der Waals surface area contributed by atoms with E-state index in [2.05, 4.69) is 0 Å². The summed E-state index contributed by atoms with van der Waals surface area (Å²) in [6.45, 7) is 1.82. The van der Waals surface area contributed by atoms with Gasteiger partial charge in [-0.1, -0.05) is 0 Å². The van der Waals surface area contributed by atoms with Crippen molar-refractivity contribution >= 4 is 6.29 Å². The van der Waals surface area contributed by atoms with E-state index in [1.54, 1.807) is 12.1 Å². The first-order valence-electron chi connectivity index (χ1n) is 4.62. The second-order valence-corrected chi connectivity index (χ2v) is 3.22. The average Bonchev–Trinajstić information content (AvgIpc) is 2.86. The fourth-order valence-corrected chi connectivity index (χ4v) is 1.38. The SMILES string of the molecule is O=Cc1ccc(COC2CCOC2)o1. The fourth-order valence-electron chi connectivity index (χ4n) is 1.38. The van der Waals surface area contributed by atoms with Crippen molar-refractivity contribution in [2.45, 2.75) is 19.1 Å². The van der Waals surface area contributed by atoms with Crippen LogP contribution in [-0.2, 0) is 16.1 Å². The van der Waals surface area contributed by atoms with Gasteiger partial charge in [-0.15, -0.1) is 0 Å². The number of hydrogen-bond acceptors (Lipinski definition) is 4. The number of carbonyl (C=O) groups excluding carboxylic acids is 1. The highest BCUT2D eigenvalue weighted by Crippen LogP contribution is 2.13. The number of rotatable bonds is 4. The first-order chi connectivity index (χ1) is 6.88. The van der Waals surface area contributed by atoms with Gasteiger partial charge in [0.05, 0.1) is 12.7 Å². The molecule has 76 valence electrons. The predicted molar refractivity (Wildman–Crippen MR) is 48.1 cm³/mol. The molecule has 0 spiro atoms. The Morgan fingerprint density at radius 2 is 2.50 bits per heavy atom. The van der Waals surface area contributed by atoms with Crippen LogP contribution in [0.1, 0.15) is 22.7 Å². The summed E-state index contributed by atoms with van der Waals surface area (Å²) in [7, 11) is 0. The Labute approximate surface area is 81.8 Å². The predicted octanol–water partition coefficient (Wildman–Crippen LogP) is 1.40. The van der Waals surface area contributed by atoms with E-state index in [-0.39, 0.29) is 6.10 Å². The normalized spacial score (nSPS) is 21.3. The zero-order chi connectivity index (χ0) is 9.80. The Kier molecular flexibility index (Phi) is 2.96. The maximum absolute atomic E-state index is 10.3. The van der Waals surface area contributed by atoms with Gasteiger partial charge >= 0.3 is 0 Å². The molecule has 0 bridgehead atoms. The van der Waals surface area contributed by atoms with Crippen molar-refractivity contribution in [3.05, 3.63) is 23.7 Å². The number of hydrogen-bond donors (Lipinski definition) is 0. The molecule has 0 aromatic carbocycles. The summed E-state index contributed by atoms with van der Waals surface area (Å²) >= 11 is 0. The van der Waals surface area contributed by atoms with Gasteiger partial charge in [0.2, 0.25) is 0 Å². The van der Waals surface area contributed by atoms with Crippen LogP contribution in [0.15, 0.2) is 16.5 Å². The largest absolute Gasteiger partial charge is 0.456 e. The van der Waals surface area contributed by atoms with E-state index >= 15 is 0 Å². The molecular weight excluding hydrogens is 184 g/mol. The van der Waals surface area contributed by atoms with Crippen LogP contribution in [0.3, 0.4) is 0 Å². The summed E-state index contributed by atoms with van der Waals surface area (Å²) in [5.41, 5.74) is 0. The minimum absolute atomic E-state index is 0.166. The molecule has 1 unspecified atom stereocenters. The van der Waals surface area contributed by atoms with Crippen LogP contribution in [-0.4, -0.2) is 25.6 Å². The standard InChI is InChI=1S/C10H12O4/c11-5-8-1-2-10(14-8)7-13-9-3-4-12-6-9/h1-2,5,9H,3-4,6-7H2. The first kappa shape index (κ1) is 9.43. The Bertz CT molecular complexity index is 299. The molecule has 1 aromatic rings. The van der Waals surface area contributed by atoms with Crippen LogP contribution in [0.2, 0.25) is 0 Å². The second kappa shape index (κ2) is 4.39. The highest BCUT2D eigenvalue weighted by atomic mass is 16.5. The van der Waals surface area contributed by atoms with E-state index in [4.69, 9.17) is 13.9 Å². The maximum atomic E-state index is 10.3. The lowest BCUT2D eigenvalue weighted by Gasteiger charge is -2.07. The fraction of sp³-hybridized carbons (Fsp3) is 0.500. The number of furan rings is 1. The molecule has 2 rings (SSSR count). The summed E-state index contributed by atoms with van der Waals surface area (Å²) in [6, 6.07) is 3.39. The Balaban J connectivity index is 1.81. The van der Waals surface area contributed by atoms with Gasteiger partial charge in [0.25, 0.3) is 0 Å². The van der Waals surface area contributed by atoms with E-state index in [1.165, 1.54) is 0 Å². The lowest BCUT2D eigenvalue weighted by atomic mass is 10.3. The van der Waals surface area contributed by atoms with Crippen molar-refractivity contribution in [1.82, 2.24) is 0 Å². The van der Waals surface area contributed by atoms with Crippen molar-refractivity contribution in [1.29, 1.82) is 0 Å². The number of carbonyl (C=O) groups is 1. The van der Waals surface area contributed by atoms with Crippen molar-refractivity contribution in [3.63, 3.8) is 0 Å². The van der Waals surface area contributed by atoms with Gasteiger partial charge in [-0.25, -0.2) is 0 Å². The average molecular weight is 196 g/mol. The molecule has 0 saturated carbocycles. The maximum Gasteiger partial charge on any atom is 0.185 e. The van der Waals surface area contributed by atoms with Gasteiger partial charge < -0.3 is 13.9 Å². The van der Waals surface area contributed by atoms with E-state index in [0.29, 0.717) is 31.0 Å². The highest BCUT2D eigenvalue weighted by Gasteiger charge is 2.16. The molecule has 4 heteroatoms. The van der Waals surface area contributed by atoms with Gasteiger partial charge in [0, 0.05) is 6.61 Å². The summed E-state index contributed by atoms with van der Waals surface area (Å²) in [5.74, 6) is 1.02. The van der Waals surface area contributed by atoms with Crippen molar-refractivity contribution in [2.24, 2.45) is 0 Å². The van der Waals surface area contributed by atoms with Gasteiger partial charge in [-0.2, -0.15) is 0 Å². The summed E-state index contributed by atoms with van der Waals surface area (Å²) in [5, 5.41) is 0. The van der Waals surface area contributed by atoms with Crippen LogP contribution >= 0.6 is 0 Å². The molecule has 14 heavy (non-hydrogen) atoms. The Morgan fingerprint density at radius 1 is 1.57 bits per heavy atom. The van der Waals surface area contributed by atoms with Crippen molar-refractivity contribution < 1.29 is 18.7 Å². The zero-order valence-corrected chi connectivity index (χ0v) is 7.77. The molecule has 0 aliphatic carbocycles. The van der Waals surface area contributed by atoms with E-state index < -0.39 is 0 Å². The third kappa shape index (κ3) is 2.21. The second-order valence-electron chi connectivity index (χ2n) is 3.22. The van der Waals surface area contributed by atoms with Gasteiger partial charge in [-0.3, -0.25) is 4.79 Å². The first-order valence-corrected chi connectivity index (χ1v) is 4.62. The van der Waals surface area contributed by atoms with Crippen LogP contribution in [0, 0.1) is 0 Å². The summed E-state index contributed by atoms with van der Waals surface area (Å²) in [4.78, 5) is 10.3. The monoisotopic (exact) mass is 196 g/mol. The van der Waals surface area contributed by atoms with Crippen molar-refractivity contribution in [3.8, 4) is 0 Å². The molecule has 0 N–H and O–H groups in total. The molecule has 1 aromatic heterocycles. The van der Waals surface area contributed by atoms with Crippen LogP contribution < -0.4 is 0 Å². The number of ether oxygens (including phenoxy) is 2.